The van der Waals surface area contributed by atoms with E-state index in [-0.39, 0.29) is 23.9 Å². The maximum atomic E-state index is 5.84. The minimum absolute atomic E-state index is 0. The molecule has 0 amide bonds. The van der Waals surface area contributed by atoms with Gasteiger partial charge in [0.1, 0.15) is 29.2 Å². The van der Waals surface area contributed by atoms with Crippen molar-refractivity contribution in [2.45, 2.75) is 20.8 Å². The summed E-state index contributed by atoms with van der Waals surface area (Å²) in [6.45, 7) is 6.43. The average molecular weight is 468 g/mol. The van der Waals surface area contributed by atoms with Crippen molar-refractivity contribution in [1.82, 2.24) is 29.3 Å². The Morgan fingerprint density at radius 1 is 1.11 bits per heavy atom. The Labute approximate surface area is 174 Å². The van der Waals surface area contributed by atoms with E-state index in [4.69, 9.17) is 9.72 Å². The molecule has 0 fully saturated rings. The van der Waals surface area contributed by atoms with Crippen LogP contribution < -0.4 is 4.74 Å². The van der Waals surface area contributed by atoms with Crippen LogP contribution >= 0.6 is 0 Å². The Balaban J connectivity index is 0.00000210. The molecule has 0 saturated heterocycles. The molecule has 0 saturated carbocycles. The van der Waals surface area contributed by atoms with Gasteiger partial charge in [-0.05, 0) is 50.6 Å². The molecule has 137 valence electrons. The van der Waals surface area contributed by atoms with E-state index < -0.39 is 0 Å². The standard InChI is InChI=1S/C19H20N6O.Sn.H/c1-5-26-17-7-6-14(25-11-21-13(3)23-25)9-15(17)18-22-16-8-12(2)10-20-19(16)24(18)4;;/h6-11H,5H2,1-4H3;;. The molecule has 0 unspecified atom stereocenters. The van der Waals surface area contributed by atoms with E-state index in [0.29, 0.717) is 6.61 Å². The van der Waals surface area contributed by atoms with Crippen LogP contribution in [-0.4, -0.2) is 59.8 Å². The number of benzene rings is 1. The number of aromatic nitrogens is 6. The van der Waals surface area contributed by atoms with E-state index in [1.54, 1.807) is 11.0 Å². The summed E-state index contributed by atoms with van der Waals surface area (Å²) in [6, 6.07) is 7.97. The van der Waals surface area contributed by atoms with Gasteiger partial charge in [0.15, 0.2) is 5.65 Å². The van der Waals surface area contributed by atoms with Crippen molar-refractivity contribution in [1.29, 1.82) is 0 Å². The molecule has 27 heavy (non-hydrogen) atoms. The normalized spacial score (nSPS) is 10.8. The number of hydrogen-bond acceptors (Lipinski definition) is 5. The Hall–Kier alpha value is -2.42. The summed E-state index contributed by atoms with van der Waals surface area (Å²) < 4.78 is 9.58. The van der Waals surface area contributed by atoms with Gasteiger partial charge in [0, 0.05) is 13.2 Å². The molecule has 3 aromatic heterocycles. The van der Waals surface area contributed by atoms with E-state index in [1.807, 2.05) is 62.8 Å². The fourth-order valence-electron chi connectivity index (χ4n) is 3.00. The summed E-state index contributed by atoms with van der Waals surface area (Å²) in [6.07, 6.45) is 3.56. The van der Waals surface area contributed by atoms with Crippen LogP contribution in [0.5, 0.6) is 5.75 Å². The number of nitrogens with zero attached hydrogens (tertiary/aromatic N) is 6. The summed E-state index contributed by atoms with van der Waals surface area (Å²) >= 11 is 0. The third kappa shape index (κ3) is 3.55. The first kappa shape index (κ1) is 19.3. The fourth-order valence-corrected chi connectivity index (χ4v) is 3.00. The van der Waals surface area contributed by atoms with Crippen LogP contribution in [0.1, 0.15) is 18.3 Å². The van der Waals surface area contributed by atoms with E-state index in [1.165, 1.54) is 0 Å². The van der Waals surface area contributed by atoms with Gasteiger partial charge in [-0.1, -0.05) is 0 Å². The topological polar surface area (TPSA) is 70.7 Å². The number of imidazole rings is 1. The molecule has 0 aliphatic rings. The summed E-state index contributed by atoms with van der Waals surface area (Å²) in [5, 5.41) is 4.39. The van der Waals surface area contributed by atoms with Gasteiger partial charge in [0.2, 0.25) is 0 Å². The summed E-state index contributed by atoms with van der Waals surface area (Å²) in [7, 11) is 1.97. The predicted octanol–water partition coefficient (Wildman–Crippen LogP) is 2.58. The minimum atomic E-state index is 0. The van der Waals surface area contributed by atoms with Crippen LogP contribution in [0.4, 0.5) is 0 Å². The molecule has 0 aliphatic heterocycles. The van der Waals surface area contributed by atoms with Gasteiger partial charge >= 0.3 is 23.9 Å². The van der Waals surface area contributed by atoms with Crippen molar-refractivity contribution in [3.05, 3.63) is 48.2 Å². The molecular weight excluding hydrogens is 447 g/mol. The number of fused-ring (bicyclic) bond motifs is 1. The first-order valence-corrected chi connectivity index (χ1v) is 8.51. The van der Waals surface area contributed by atoms with Gasteiger partial charge in [0.25, 0.3) is 0 Å². The van der Waals surface area contributed by atoms with Gasteiger partial charge in [-0.25, -0.2) is 19.6 Å². The fraction of sp³-hybridized carbons (Fsp3) is 0.263. The van der Waals surface area contributed by atoms with Crippen molar-refractivity contribution >= 4 is 35.1 Å². The zero-order valence-corrected chi connectivity index (χ0v) is 19.1. The molecule has 8 heteroatoms. The second-order valence-corrected chi connectivity index (χ2v) is 6.20. The van der Waals surface area contributed by atoms with Gasteiger partial charge in [0.05, 0.1) is 17.9 Å². The molecule has 0 bridgehead atoms. The van der Waals surface area contributed by atoms with E-state index >= 15 is 0 Å². The third-order valence-corrected chi connectivity index (χ3v) is 4.22. The Morgan fingerprint density at radius 2 is 1.93 bits per heavy atom. The predicted molar refractivity (Wildman–Crippen MR) is 107 cm³/mol. The first-order valence-electron chi connectivity index (χ1n) is 8.51. The van der Waals surface area contributed by atoms with Crippen molar-refractivity contribution in [3.63, 3.8) is 0 Å². The third-order valence-electron chi connectivity index (χ3n) is 4.22. The number of aryl methyl sites for hydroxylation is 3. The molecule has 7 nitrogen and oxygen atoms in total. The van der Waals surface area contributed by atoms with Gasteiger partial charge in [-0.15, -0.1) is 0 Å². The molecule has 0 N–H and O–H groups in total. The van der Waals surface area contributed by atoms with Crippen LogP contribution in [0.3, 0.4) is 0 Å². The quantitative estimate of drug-likeness (QED) is 0.431. The van der Waals surface area contributed by atoms with Gasteiger partial charge in [-0.3, -0.25) is 0 Å². The van der Waals surface area contributed by atoms with Crippen LogP contribution in [0, 0.1) is 13.8 Å². The van der Waals surface area contributed by atoms with Crippen LogP contribution in [0.2, 0.25) is 0 Å². The van der Waals surface area contributed by atoms with Crippen LogP contribution in [0.25, 0.3) is 28.2 Å². The average Bonchev–Trinajstić information content (AvgIpc) is 3.19. The number of ether oxygens (including phenoxy) is 1. The van der Waals surface area contributed by atoms with E-state index in [0.717, 1.165) is 45.4 Å². The monoisotopic (exact) mass is 469 g/mol. The number of pyridine rings is 1. The van der Waals surface area contributed by atoms with Crippen LogP contribution in [-0.2, 0) is 7.05 Å². The Kier molecular flexibility index (Phi) is 5.50. The van der Waals surface area contributed by atoms with Crippen molar-refractivity contribution in [3.8, 4) is 22.8 Å². The molecule has 0 spiro atoms. The molecule has 3 heterocycles. The zero-order chi connectivity index (χ0) is 18.3. The Morgan fingerprint density at radius 3 is 2.63 bits per heavy atom. The molecule has 1 aromatic carbocycles. The van der Waals surface area contributed by atoms with E-state index in [9.17, 15) is 0 Å². The summed E-state index contributed by atoms with van der Waals surface area (Å²) in [5.41, 5.74) is 4.59. The molecular formula is C19H21N6OSn. The molecule has 3 radical (unpaired) electrons. The molecule has 0 atom stereocenters. The SMILES string of the molecule is CCOc1ccc(-n2cnc(C)n2)cc1-c1nc2cc(C)cnc2n1C.[SnH]. The molecule has 0 aliphatic carbocycles. The molecule has 4 aromatic rings. The number of rotatable bonds is 4. The Bertz CT molecular complexity index is 1100. The second kappa shape index (κ2) is 7.67. The summed E-state index contributed by atoms with van der Waals surface area (Å²) in [5.74, 6) is 2.31. The maximum absolute atomic E-state index is 5.84. The number of hydrogen-bond donors (Lipinski definition) is 0. The van der Waals surface area contributed by atoms with Crippen molar-refractivity contribution < 1.29 is 4.74 Å². The zero-order valence-electron chi connectivity index (χ0n) is 15.8. The van der Waals surface area contributed by atoms with Crippen LogP contribution in [0.15, 0.2) is 36.8 Å². The summed E-state index contributed by atoms with van der Waals surface area (Å²) in [4.78, 5) is 13.5. The van der Waals surface area contributed by atoms with Gasteiger partial charge in [-0.2, -0.15) is 5.10 Å². The molecule has 4 rings (SSSR count). The van der Waals surface area contributed by atoms with Gasteiger partial charge < -0.3 is 9.30 Å². The van der Waals surface area contributed by atoms with Crippen molar-refractivity contribution in [2.75, 3.05) is 6.61 Å². The second-order valence-electron chi connectivity index (χ2n) is 6.20. The van der Waals surface area contributed by atoms with Crippen molar-refractivity contribution in [2.24, 2.45) is 7.05 Å². The first-order chi connectivity index (χ1) is 12.6. The van der Waals surface area contributed by atoms with E-state index in [2.05, 4.69) is 15.1 Å².